The van der Waals surface area contributed by atoms with E-state index in [1.807, 2.05) is 24.3 Å². The van der Waals surface area contributed by atoms with E-state index in [0.29, 0.717) is 6.61 Å². The van der Waals surface area contributed by atoms with Gasteiger partial charge in [0.2, 0.25) is 0 Å². The van der Waals surface area contributed by atoms with Crippen molar-refractivity contribution in [3.63, 3.8) is 0 Å². The summed E-state index contributed by atoms with van der Waals surface area (Å²) in [5.74, 6) is 0.930. The van der Waals surface area contributed by atoms with Crippen molar-refractivity contribution >= 4 is 0 Å². The highest BCUT2D eigenvalue weighted by molar-refractivity contribution is 5.26. The Morgan fingerprint density at radius 1 is 1.27 bits per heavy atom. The molecule has 0 aliphatic rings. The van der Waals surface area contributed by atoms with Crippen LogP contribution >= 0.6 is 0 Å². The molecule has 0 aromatic heterocycles. The van der Waals surface area contributed by atoms with Gasteiger partial charge in [0.05, 0.1) is 0 Å². The number of hydrogen-bond acceptors (Lipinski definition) is 1. The predicted molar refractivity (Wildman–Crippen MR) is 44.4 cm³/mol. The van der Waals surface area contributed by atoms with Gasteiger partial charge in [-0.05, 0) is 19.1 Å². The standard InChI is InChI=1S/C9H13NO/c1-8-2-4-9(5-3-8)11-7-6-10/h2-5H,6-7,10H2,1H3/p+1. The zero-order valence-electron chi connectivity index (χ0n) is 6.84. The number of quaternary nitrogens is 1. The summed E-state index contributed by atoms with van der Waals surface area (Å²) in [5.41, 5.74) is 4.95. The van der Waals surface area contributed by atoms with E-state index in [-0.39, 0.29) is 0 Å². The summed E-state index contributed by atoms with van der Waals surface area (Å²) in [6.45, 7) is 3.57. The molecule has 2 nitrogen and oxygen atoms in total. The second kappa shape index (κ2) is 3.98. The van der Waals surface area contributed by atoms with Crippen LogP contribution in [-0.4, -0.2) is 13.2 Å². The van der Waals surface area contributed by atoms with Crippen molar-refractivity contribution in [3.05, 3.63) is 29.8 Å². The normalized spacial score (nSPS) is 9.64. The second-order valence-corrected chi connectivity index (χ2v) is 2.52. The summed E-state index contributed by atoms with van der Waals surface area (Å²) in [7, 11) is 0. The number of hydrogen-bond donors (Lipinski definition) is 1. The van der Waals surface area contributed by atoms with Crippen molar-refractivity contribution in [3.8, 4) is 5.75 Å². The lowest BCUT2D eigenvalue weighted by Gasteiger charge is -2.02. The fourth-order valence-electron chi connectivity index (χ4n) is 0.825. The van der Waals surface area contributed by atoms with Crippen LogP contribution in [0.15, 0.2) is 24.3 Å². The van der Waals surface area contributed by atoms with Gasteiger partial charge in [0.15, 0.2) is 0 Å². The molecule has 0 aliphatic carbocycles. The van der Waals surface area contributed by atoms with Crippen molar-refractivity contribution in [2.45, 2.75) is 6.92 Å². The summed E-state index contributed by atoms with van der Waals surface area (Å²) >= 11 is 0. The van der Waals surface area contributed by atoms with E-state index < -0.39 is 0 Å². The molecule has 2 heteroatoms. The minimum Gasteiger partial charge on any atom is -0.488 e. The highest BCUT2D eigenvalue weighted by Crippen LogP contribution is 2.10. The first-order valence-corrected chi connectivity index (χ1v) is 3.81. The van der Waals surface area contributed by atoms with Crippen LogP contribution in [0.3, 0.4) is 0 Å². The number of aryl methyl sites for hydroxylation is 1. The molecule has 11 heavy (non-hydrogen) atoms. The Labute approximate surface area is 67.0 Å². The van der Waals surface area contributed by atoms with Gasteiger partial charge in [0.1, 0.15) is 18.9 Å². The molecule has 0 fully saturated rings. The lowest BCUT2D eigenvalue weighted by Crippen LogP contribution is -2.52. The molecule has 0 saturated carbocycles. The summed E-state index contributed by atoms with van der Waals surface area (Å²) in [6.07, 6.45) is 0. The van der Waals surface area contributed by atoms with Crippen LogP contribution in [0.5, 0.6) is 5.75 Å². The topological polar surface area (TPSA) is 36.9 Å². The molecule has 1 aromatic rings. The second-order valence-electron chi connectivity index (χ2n) is 2.52. The lowest BCUT2D eigenvalue weighted by molar-refractivity contribution is -0.370. The molecule has 0 radical (unpaired) electrons. The molecule has 0 aliphatic heterocycles. The van der Waals surface area contributed by atoms with Crippen molar-refractivity contribution < 1.29 is 10.5 Å². The zero-order valence-corrected chi connectivity index (χ0v) is 6.84. The number of ether oxygens (including phenoxy) is 1. The Hall–Kier alpha value is -1.02. The van der Waals surface area contributed by atoms with Gasteiger partial charge < -0.3 is 10.5 Å². The van der Waals surface area contributed by atoms with Gasteiger partial charge in [-0.3, -0.25) is 0 Å². The highest BCUT2D eigenvalue weighted by Gasteiger charge is 1.90. The molecule has 0 unspecified atom stereocenters. The Balaban J connectivity index is 2.52. The van der Waals surface area contributed by atoms with Crippen molar-refractivity contribution in [2.24, 2.45) is 0 Å². The zero-order chi connectivity index (χ0) is 8.10. The molecular formula is C9H14NO+. The van der Waals surface area contributed by atoms with Gasteiger partial charge in [0.25, 0.3) is 0 Å². The molecule has 0 bridgehead atoms. The highest BCUT2D eigenvalue weighted by atomic mass is 16.5. The Kier molecular flexibility index (Phi) is 2.93. The van der Waals surface area contributed by atoms with Crippen LogP contribution in [-0.2, 0) is 0 Å². The fraction of sp³-hybridized carbons (Fsp3) is 0.333. The van der Waals surface area contributed by atoms with Gasteiger partial charge in [-0.1, -0.05) is 17.7 Å². The Morgan fingerprint density at radius 3 is 2.45 bits per heavy atom. The summed E-state index contributed by atoms with van der Waals surface area (Å²) in [6, 6.07) is 8.03. The summed E-state index contributed by atoms with van der Waals surface area (Å²) in [4.78, 5) is 0. The summed E-state index contributed by atoms with van der Waals surface area (Å²) in [5, 5.41) is 0. The fourth-order valence-corrected chi connectivity index (χ4v) is 0.825. The van der Waals surface area contributed by atoms with E-state index in [1.54, 1.807) is 0 Å². The van der Waals surface area contributed by atoms with Gasteiger partial charge in [-0.25, -0.2) is 0 Å². The van der Waals surface area contributed by atoms with Crippen LogP contribution in [0.25, 0.3) is 0 Å². The lowest BCUT2D eigenvalue weighted by atomic mass is 10.2. The third-order valence-electron chi connectivity index (χ3n) is 1.43. The molecule has 0 heterocycles. The van der Waals surface area contributed by atoms with E-state index >= 15 is 0 Å². The molecule has 0 spiro atoms. The average molecular weight is 152 g/mol. The largest absolute Gasteiger partial charge is 0.488 e. The van der Waals surface area contributed by atoms with Gasteiger partial charge >= 0.3 is 0 Å². The Bertz CT molecular complexity index is 205. The van der Waals surface area contributed by atoms with Crippen LogP contribution in [0.4, 0.5) is 0 Å². The number of benzene rings is 1. The van der Waals surface area contributed by atoms with Crippen LogP contribution in [0.2, 0.25) is 0 Å². The minimum absolute atomic E-state index is 0.697. The quantitative estimate of drug-likeness (QED) is 0.677. The molecule has 0 atom stereocenters. The SMILES string of the molecule is Cc1ccc(OCC[NH3+])cc1. The van der Waals surface area contributed by atoms with Crippen LogP contribution in [0, 0.1) is 6.92 Å². The van der Waals surface area contributed by atoms with Crippen LogP contribution < -0.4 is 10.5 Å². The van der Waals surface area contributed by atoms with Crippen molar-refractivity contribution in [2.75, 3.05) is 13.2 Å². The predicted octanol–water partition coefficient (Wildman–Crippen LogP) is 0.616. The first kappa shape index (κ1) is 8.08. The van der Waals surface area contributed by atoms with E-state index in [0.717, 1.165) is 12.3 Å². The van der Waals surface area contributed by atoms with E-state index in [4.69, 9.17) is 4.74 Å². The van der Waals surface area contributed by atoms with Crippen LogP contribution in [0.1, 0.15) is 5.56 Å². The monoisotopic (exact) mass is 152 g/mol. The molecular weight excluding hydrogens is 138 g/mol. The molecule has 0 saturated heterocycles. The Morgan fingerprint density at radius 2 is 1.91 bits per heavy atom. The maximum absolute atomic E-state index is 5.35. The van der Waals surface area contributed by atoms with Gasteiger partial charge in [-0.15, -0.1) is 0 Å². The summed E-state index contributed by atoms with van der Waals surface area (Å²) < 4.78 is 5.35. The van der Waals surface area contributed by atoms with Crippen molar-refractivity contribution in [1.82, 2.24) is 0 Å². The maximum Gasteiger partial charge on any atom is 0.137 e. The maximum atomic E-state index is 5.35. The van der Waals surface area contributed by atoms with E-state index in [1.165, 1.54) is 5.56 Å². The molecule has 0 amide bonds. The van der Waals surface area contributed by atoms with Gasteiger partial charge in [-0.2, -0.15) is 0 Å². The smallest absolute Gasteiger partial charge is 0.137 e. The third-order valence-corrected chi connectivity index (χ3v) is 1.43. The van der Waals surface area contributed by atoms with E-state index in [2.05, 4.69) is 12.7 Å². The molecule has 1 rings (SSSR count). The molecule has 3 N–H and O–H groups in total. The van der Waals surface area contributed by atoms with Crippen molar-refractivity contribution in [1.29, 1.82) is 0 Å². The minimum atomic E-state index is 0.697. The molecule has 1 aromatic carbocycles. The first-order chi connectivity index (χ1) is 5.33. The average Bonchev–Trinajstić information content (AvgIpc) is 2.04. The first-order valence-electron chi connectivity index (χ1n) is 3.81. The van der Waals surface area contributed by atoms with Gasteiger partial charge in [0, 0.05) is 0 Å². The third kappa shape index (κ3) is 2.60. The number of rotatable bonds is 3. The molecule has 60 valence electrons. The van der Waals surface area contributed by atoms with E-state index in [9.17, 15) is 0 Å².